The third kappa shape index (κ3) is 3.59. The maximum absolute atomic E-state index is 11.8. The Hall–Kier alpha value is -1.93. The predicted molar refractivity (Wildman–Crippen MR) is 82.1 cm³/mol. The molecule has 0 radical (unpaired) electrons. The number of hydrogen-bond acceptors (Lipinski definition) is 6. The second kappa shape index (κ2) is 7.31. The van der Waals surface area contributed by atoms with Gasteiger partial charge in [0.05, 0.1) is 0 Å². The first kappa shape index (κ1) is 20.1. The third-order valence-electron chi connectivity index (χ3n) is 3.97. The van der Waals surface area contributed by atoms with Crippen LogP contribution in [0.25, 0.3) is 0 Å². The summed E-state index contributed by atoms with van der Waals surface area (Å²) in [5.41, 5.74) is -2.03. The molecule has 0 aromatic rings. The summed E-state index contributed by atoms with van der Waals surface area (Å²) >= 11 is 0. The van der Waals surface area contributed by atoms with Gasteiger partial charge in [0, 0.05) is 12.8 Å². The van der Waals surface area contributed by atoms with Gasteiger partial charge in [-0.2, -0.15) is 0 Å². The largest absolute Gasteiger partial charge is 0.479 e. The Morgan fingerprint density at radius 3 is 2.08 bits per heavy atom. The summed E-state index contributed by atoms with van der Waals surface area (Å²) in [6, 6.07) is 0. The van der Waals surface area contributed by atoms with Crippen molar-refractivity contribution in [2.45, 2.75) is 52.1 Å². The Morgan fingerprint density at radius 2 is 1.75 bits per heavy atom. The molecule has 8 nitrogen and oxygen atoms in total. The SMILES string of the molecule is CC(=O)OC/C=C/C1(C(C)C)OC(C(=O)O)C(C(=O)O)(C(C)C)O1. The van der Waals surface area contributed by atoms with Crippen molar-refractivity contribution in [1.82, 2.24) is 0 Å². The summed E-state index contributed by atoms with van der Waals surface area (Å²) in [5, 5.41) is 19.1. The second-order valence-electron chi connectivity index (χ2n) is 6.27. The fourth-order valence-electron chi connectivity index (χ4n) is 2.57. The van der Waals surface area contributed by atoms with Crippen molar-refractivity contribution in [3.63, 3.8) is 0 Å². The molecule has 1 rings (SSSR count). The zero-order valence-corrected chi connectivity index (χ0v) is 14.4. The monoisotopic (exact) mass is 344 g/mol. The molecule has 0 aromatic carbocycles. The van der Waals surface area contributed by atoms with E-state index >= 15 is 0 Å². The highest BCUT2D eigenvalue weighted by molar-refractivity contribution is 5.88. The maximum atomic E-state index is 11.8. The first-order chi connectivity index (χ1) is 11.0. The van der Waals surface area contributed by atoms with E-state index in [1.807, 2.05) is 0 Å². The summed E-state index contributed by atoms with van der Waals surface area (Å²) in [5.74, 6) is -5.88. The Bertz CT molecular complexity index is 538. The van der Waals surface area contributed by atoms with Crippen LogP contribution < -0.4 is 0 Å². The van der Waals surface area contributed by atoms with E-state index in [0.717, 1.165) is 0 Å². The lowest BCUT2D eigenvalue weighted by atomic mass is 9.85. The van der Waals surface area contributed by atoms with Crippen molar-refractivity contribution < 1.29 is 38.8 Å². The van der Waals surface area contributed by atoms with Gasteiger partial charge in [-0.25, -0.2) is 9.59 Å². The quantitative estimate of drug-likeness (QED) is 0.526. The molecule has 1 heterocycles. The minimum absolute atomic E-state index is 0.0595. The molecule has 0 amide bonds. The number of carbonyl (C=O) groups is 3. The van der Waals surface area contributed by atoms with E-state index in [4.69, 9.17) is 14.2 Å². The second-order valence-corrected chi connectivity index (χ2v) is 6.27. The van der Waals surface area contributed by atoms with Crippen LogP contribution in [0.5, 0.6) is 0 Å². The van der Waals surface area contributed by atoms with E-state index in [1.54, 1.807) is 27.7 Å². The highest BCUT2D eigenvalue weighted by atomic mass is 16.8. The van der Waals surface area contributed by atoms with Crippen LogP contribution in [0.2, 0.25) is 0 Å². The van der Waals surface area contributed by atoms with Crippen LogP contribution in [0.3, 0.4) is 0 Å². The molecule has 0 aromatic heterocycles. The van der Waals surface area contributed by atoms with Crippen LogP contribution in [-0.2, 0) is 28.6 Å². The van der Waals surface area contributed by atoms with Crippen molar-refractivity contribution >= 4 is 17.9 Å². The van der Waals surface area contributed by atoms with Gasteiger partial charge < -0.3 is 24.4 Å². The molecular weight excluding hydrogens is 320 g/mol. The molecule has 0 aliphatic carbocycles. The third-order valence-corrected chi connectivity index (χ3v) is 3.97. The predicted octanol–water partition coefficient (Wildman–Crippen LogP) is 1.44. The number of hydrogen-bond donors (Lipinski definition) is 2. The summed E-state index contributed by atoms with van der Waals surface area (Å²) in [7, 11) is 0. The standard InChI is InChI=1S/C16H24O8/c1-9(2)15(7-6-8-22-11(5)17)23-12(13(18)19)16(24-15,10(3)4)14(20)21/h6-7,9-10,12H,8H2,1-5H3,(H,18,19)(H,20,21)/b7-6+. The van der Waals surface area contributed by atoms with E-state index < -0.39 is 41.3 Å². The van der Waals surface area contributed by atoms with Crippen molar-refractivity contribution in [2.24, 2.45) is 11.8 Å². The number of ether oxygens (including phenoxy) is 3. The number of aliphatic carboxylic acids is 2. The molecule has 0 spiro atoms. The fraction of sp³-hybridized carbons (Fsp3) is 0.688. The molecular formula is C16H24O8. The van der Waals surface area contributed by atoms with Crippen LogP contribution in [0.4, 0.5) is 0 Å². The van der Waals surface area contributed by atoms with E-state index in [-0.39, 0.29) is 12.5 Å². The molecule has 1 saturated heterocycles. The molecule has 3 unspecified atom stereocenters. The van der Waals surface area contributed by atoms with Crippen LogP contribution in [0.15, 0.2) is 12.2 Å². The van der Waals surface area contributed by atoms with Gasteiger partial charge >= 0.3 is 17.9 Å². The summed E-state index contributed by atoms with van der Waals surface area (Å²) in [6.07, 6.45) is 1.18. The molecule has 1 fully saturated rings. The van der Waals surface area contributed by atoms with Crippen LogP contribution >= 0.6 is 0 Å². The molecule has 1 aliphatic heterocycles. The van der Waals surface area contributed by atoms with Gasteiger partial charge in [-0.1, -0.05) is 27.7 Å². The van der Waals surface area contributed by atoms with Gasteiger partial charge in [0.1, 0.15) is 6.61 Å². The van der Waals surface area contributed by atoms with Gasteiger partial charge in [-0.15, -0.1) is 0 Å². The van der Waals surface area contributed by atoms with E-state index in [0.29, 0.717) is 0 Å². The number of carboxylic acid groups (broad SMARTS) is 2. The highest BCUT2D eigenvalue weighted by Gasteiger charge is 2.66. The maximum Gasteiger partial charge on any atom is 0.339 e. The van der Waals surface area contributed by atoms with Crippen LogP contribution in [0.1, 0.15) is 34.6 Å². The Balaban J connectivity index is 3.27. The zero-order chi connectivity index (χ0) is 18.7. The fourth-order valence-corrected chi connectivity index (χ4v) is 2.57. The first-order valence-electron chi connectivity index (χ1n) is 7.64. The van der Waals surface area contributed by atoms with Gasteiger partial charge in [0.2, 0.25) is 5.60 Å². The van der Waals surface area contributed by atoms with Crippen molar-refractivity contribution in [1.29, 1.82) is 0 Å². The van der Waals surface area contributed by atoms with Crippen LogP contribution in [0, 0.1) is 11.8 Å². The molecule has 136 valence electrons. The molecule has 8 heteroatoms. The Morgan fingerprint density at radius 1 is 1.17 bits per heavy atom. The zero-order valence-electron chi connectivity index (χ0n) is 14.4. The van der Waals surface area contributed by atoms with Crippen molar-refractivity contribution in [3.8, 4) is 0 Å². The smallest absolute Gasteiger partial charge is 0.339 e. The number of rotatable bonds is 7. The molecule has 0 saturated carbocycles. The lowest BCUT2D eigenvalue weighted by Gasteiger charge is -2.33. The van der Waals surface area contributed by atoms with Crippen molar-refractivity contribution in [3.05, 3.63) is 12.2 Å². The molecule has 1 aliphatic rings. The normalized spacial score (nSPS) is 30.2. The Labute approximate surface area is 140 Å². The minimum atomic E-state index is -2.03. The topological polar surface area (TPSA) is 119 Å². The highest BCUT2D eigenvalue weighted by Crippen LogP contribution is 2.46. The molecule has 2 N–H and O–H groups in total. The first-order valence-corrected chi connectivity index (χ1v) is 7.64. The lowest BCUT2D eigenvalue weighted by molar-refractivity contribution is -0.202. The van der Waals surface area contributed by atoms with Gasteiger partial charge in [0.15, 0.2) is 11.9 Å². The van der Waals surface area contributed by atoms with Gasteiger partial charge in [0.25, 0.3) is 0 Å². The molecule has 24 heavy (non-hydrogen) atoms. The number of carbonyl (C=O) groups excluding carboxylic acids is 1. The molecule has 0 bridgehead atoms. The summed E-state index contributed by atoms with van der Waals surface area (Å²) < 4.78 is 16.1. The Kier molecular flexibility index (Phi) is 6.13. The van der Waals surface area contributed by atoms with Crippen molar-refractivity contribution in [2.75, 3.05) is 6.61 Å². The minimum Gasteiger partial charge on any atom is -0.479 e. The van der Waals surface area contributed by atoms with Crippen LogP contribution in [-0.4, -0.2) is 52.2 Å². The number of carboxylic acids is 2. The van der Waals surface area contributed by atoms with E-state index in [1.165, 1.54) is 19.1 Å². The van der Waals surface area contributed by atoms with Gasteiger partial charge in [-0.3, -0.25) is 4.79 Å². The summed E-state index contributed by atoms with van der Waals surface area (Å²) in [6.45, 7) is 7.75. The average molecular weight is 344 g/mol. The van der Waals surface area contributed by atoms with E-state index in [9.17, 15) is 24.6 Å². The molecule has 3 atom stereocenters. The van der Waals surface area contributed by atoms with E-state index in [2.05, 4.69) is 0 Å². The number of esters is 1. The lowest BCUT2D eigenvalue weighted by Crippen LogP contribution is -2.55. The average Bonchev–Trinajstić information content (AvgIpc) is 2.82. The van der Waals surface area contributed by atoms with Gasteiger partial charge in [-0.05, 0) is 18.1 Å². The summed E-state index contributed by atoms with van der Waals surface area (Å²) in [4.78, 5) is 34.2.